The highest BCUT2D eigenvalue weighted by molar-refractivity contribution is 6.32. The van der Waals surface area contributed by atoms with Crippen LogP contribution < -0.4 is 5.32 Å². The van der Waals surface area contributed by atoms with Crippen LogP contribution >= 0.6 is 36.4 Å². The van der Waals surface area contributed by atoms with E-state index in [1.807, 2.05) is 23.1 Å². The van der Waals surface area contributed by atoms with Crippen LogP contribution in [0.25, 0.3) is 10.9 Å². The summed E-state index contributed by atoms with van der Waals surface area (Å²) in [7, 11) is 0. The molecule has 0 atom stereocenters. The molecule has 1 aliphatic carbocycles. The van der Waals surface area contributed by atoms with Crippen LogP contribution in [0.3, 0.4) is 0 Å². The second-order valence-corrected chi connectivity index (χ2v) is 7.38. The van der Waals surface area contributed by atoms with Crippen molar-refractivity contribution in [2.24, 2.45) is 5.92 Å². The number of fused-ring (bicyclic) bond motifs is 1. The number of pyridine rings is 1. The van der Waals surface area contributed by atoms with Crippen molar-refractivity contribution in [1.29, 1.82) is 0 Å². The summed E-state index contributed by atoms with van der Waals surface area (Å²) in [5.74, 6) is 0.940. The van der Waals surface area contributed by atoms with Gasteiger partial charge in [-0.15, -0.1) is 24.8 Å². The molecule has 2 fully saturated rings. The number of halogens is 3. The molecule has 1 aromatic heterocycles. The second kappa shape index (κ2) is 9.23. The molecule has 2 aromatic rings. The summed E-state index contributed by atoms with van der Waals surface area (Å²) in [6.07, 6.45) is 6.51. The first kappa shape index (κ1) is 21.2. The van der Waals surface area contributed by atoms with Gasteiger partial charge in [0.25, 0.3) is 5.91 Å². The number of nitrogens with zero attached hydrogens (tertiary/aromatic N) is 2. The van der Waals surface area contributed by atoms with Gasteiger partial charge >= 0.3 is 0 Å². The van der Waals surface area contributed by atoms with Crippen molar-refractivity contribution in [3.63, 3.8) is 0 Å². The molecule has 142 valence electrons. The molecule has 1 aromatic carbocycles. The van der Waals surface area contributed by atoms with E-state index in [0.717, 1.165) is 49.3 Å². The predicted octanol–water partition coefficient (Wildman–Crippen LogP) is 4.34. The molecule has 26 heavy (non-hydrogen) atoms. The number of rotatable bonds is 4. The first-order valence-electron chi connectivity index (χ1n) is 8.77. The molecule has 1 saturated carbocycles. The van der Waals surface area contributed by atoms with Crippen molar-refractivity contribution in [3.8, 4) is 0 Å². The molecule has 1 aliphatic heterocycles. The molecular formula is C19H24Cl3N3O. The Kier molecular flexibility index (Phi) is 7.53. The van der Waals surface area contributed by atoms with Crippen LogP contribution in [0.5, 0.6) is 0 Å². The van der Waals surface area contributed by atoms with E-state index < -0.39 is 0 Å². The van der Waals surface area contributed by atoms with Gasteiger partial charge < -0.3 is 10.2 Å². The minimum atomic E-state index is 0. The quantitative estimate of drug-likeness (QED) is 0.806. The fourth-order valence-corrected chi connectivity index (χ4v) is 3.66. The zero-order valence-electron chi connectivity index (χ0n) is 14.5. The lowest BCUT2D eigenvalue weighted by Gasteiger charge is -2.32. The highest BCUT2D eigenvalue weighted by atomic mass is 35.5. The number of hydrogen-bond donors (Lipinski definition) is 1. The van der Waals surface area contributed by atoms with E-state index in [0.29, 0.717) is 16.6 Å². The van der Waals surface area contributed by atoms with Crippen LogP contribution in [0.4, 0.5) is 0 Å². The summed E-state index contributed by atoms with van der Waals surface area (Å²) < 4.78 is 0. The summed E-state index contributed by atoms with van der Waals surface area (Å²) in [5, 5.41) is 5.14. The van der Waals surface area contributed by atoms with E-state index >= 15 is 0 Å². The number of likely N-dealkylation sites (tertiary alicyclic amines) is 1. The minimum absolute atomic E-state index is 0. The molecule has 2 heterocycles. The summed E-state index contributed by atoms with van der Waals surface area (Å²) in [6.45, 7) is 2.73. The van der Waals surface area contributed by atoms with E-state index in [1.54, 1.807) is 12.3 Å². The lowest BCUT2D eigenvalue weighted by atomic mass is 10.0. The van der Waals surface area contributed by atoms with Crippen LogP contribution in [0.15, 0.2) is 30.5 Å². The Morgan fingerprint density at radius 3 is 2.62 bits per heavy atom. The number of hydrogen-bond acceptors (Lipinski definition) is 3. The molecule has 7 heteroatoms. The Balaban J connectivity index is 0.00000121. The van der Waals surface area contributed by atoms with E-state index in [-0.39, 0.29) is 30.7 Å². The van der Waals surface area contributed by atoms with Gasteiger partial charge in [-0.05, 0) is 56.3 Å². The van der Waals surface area contributed by atoms with Gasteiger partial charge in [-0.2, -0.15) is 0 Å². The summed E-state index contributed by atoms with van der Waals surface area (Å²) in [6, 6.07) is 7.96. The first-order valence-corrected chi connectivity index (χ1v) is 9.15. The number of carbonyl (C=O) groups excluding carboxylic acids is 1. The molecule has 4 nitrogen and oxygen atoms in total. The zero-order valence-corrected chi connectivity index (χ0v) is 16.9. The average Bonchev–Trinajstić information content (AvgIpc) is 3.43. The largest absolute Gasteiger partial charge is 0.338 e. The molecular weight excluding hydrogens is 393 g/mol. The fourth-order valence-electron chi connectivity index (χ4n) is 3.43. The highest BCUT2D eigenvalue weighted by Crippen LogP contribution is 2.28. The average molecular weight is 417 g/mol. The molecule has 0 bridgehead atoms. The Hall–Kier alpha value is -1.07. The van der Waals surface area contributed by atoms with Crippen LogP contribution in [0.2, 0.25) is 5.02 Å². The van der Waals surface area contributed by atoms with E-state index in [9.17, 15) is 4.79 Å². The van der Waals surface area contributed by atoms with Crippen molar-refractivity contribution in [3.05, 3.63) is 41.0 Å². The standard InChI is InChI=1S/C19H22ClN3O.2ClH/c20-15-10-14-2-1-7-21-18(14)17(11-15)19(24)23-8-5-16(6-9-23)22-12-13-3-4-13;;/h1-2,7,10-11,13,16,22H,3-6,8-9,12H2;2*1H. The lowest BCUT2D eigenvalue weighted by Crippen LogP contribution is -2.45. The van der Waals surface area contributed by atoms with Gasteiger partial charge in [-0.1, -0.05) is 17.7 Å². The van der Waals surface area contributed by atoms with Crippen LogP contribution in [-0.4, -0.2) is 41.5 Å². The van der Waals surface area contributed by atoms with Crippen molar-refractivity contribution in [2.45, 2.75) is 31.7 Å². The minimum Gasteiger partial charge on any atom is -0.338 e. The van der Waals surface area contributed by atoms with Crippen molar-refractivity contribution in [1.82, 2.24) is 15.2 Å². The van der Waals surface area contributed by atoms with Gasteiger partial charge in [0.15, 0.2) is 0 Å². The lowest BCUT2D eigenvalue weighted by molar-refractivity contribution is 0.0707. The summed E-state index contributed by atoms with van der Waals surface area (Å²) in [5.41, 5.74) is 1.35. The number of benzene rings is 1. The highest BCUT2D eigenvalue weighted by Gasteiger charge is 2.27. The second-order valence-electron chi connectivity index (χ2n) is 6.95. The third-order valence-electron chi connectivity index (χ3n) is 5.07. The molecule has 1 amide bonds. The van der Waals surface area contributed by atoms with Gasteiger partial charge in [-0.3, -0.25) is 9.78 Å². The number of piperidine rings is 1. The van der Waals surface area contributed by atoms with Gasteiger partial charge in [0.05, 0.1) is 11.1 Å². The monoisotopic (exact) mass is 415 g/mol. The Bertz CT molecular complexity index is 759. The maximum atomic E-state index is 13.0. The molecule has 0 radical (unpaired) electrons. The summed E-state index contributed by atoms with van der Waals surface area (Å²) >= 11 is 6.20. The maximum absolute atomic E-state index is 13.0. The molecule has 1 N–H and O–H groups in total. The topological polar surface area (TPSA) is 45.2 Å². The number of nitrogens with one attached hydrogen (secondary N) is 1. The zero-order chi connectivity index (χ0) is 16.5. The van der Waals surface area contributed by atoms with Gasteiger partial charge in [0.2, 0.25) is 0 Å². The van der Waals surface area contributed by atoms with Crippen molar-refractivity contribution in [2.75, 3.05) is 19.6 Å². The maximum Gasteiger partial charge on any atom is 0.256 e. The van der Waals surface area contributed by atoms with Crippen LogP contribution in [0, 0.1) is 5.92 Å². The third-order valence-corrected chi connectivity index (χ3v) is 5.29. The Morgan fingerprint density at radius 1 is 1.19 bits per heavy atom. The Morgan fingerprint density at radius 2 is 1.92 bits per heavy atom. The fraction of sp³-hybridized carbons (Fsp3) is 0.474. The number of aromatic nitrogens is 1. The number of carbonyl (C=O) groups is 1. The van der Waals surface area contributed by atoms with E-state index in [1.165, 1.54) is 12.8 Å². The van der Waals surface area contributed by atoms with Crippen molar-refractivity contribution < 1.29 is 4.79 Å². The molecule has 0 unspecified atom stereocenters. The smallest absolute Gasteiger partial charge is 0.256 e. The Labute approximate surface area is 171 Å². The van der Waals surface area contributed by atoms with Gasteiger partial charge in [0, 0.05) is 35.7 Å². The molecule has 4 rings (SSSR count). The number of amides is 1. The van der Waals surface area contributed by atoms with Crippen LogP contribution in [-0.2, 0) is 0 Å². The van der Waals surface area contributed by atoms with Gasteiger partial charge in [-0.25, -0.2) is 0 Å². The SMILES string of the molecule is Cl.Cl.O=C(c1cc(Cl)cc2cccnc12)N1CCC(NCC2CC2)CC1. The summed E-state index contributed by atoms with van der Waals surface area (Å²) in [4.78, 5) is 19.3. The first-order chi connectivity index (χ1) is 11.7. The predicted molar refractivity (Wildman–Crippen MR) is 111 cm³/mol. The van der Waals surface area contributed by atoms with E-state index in [4.69, 9.17) is 11.6 Å². The normalized spacial score (nSPS) is 17.5. The van der Waals surface area contributed by atoms with Crippen LogP contribution in [0.1, 0.15) is 36.0 Å². The van der Waals surface area contributed by atoms with E-state index in [2.05, 4.69) is 10.3 Å². The molecule has 0 spiro atoms. The van der Waals surface area contributed by atoms with Crippen molar-refractivity contribution >= 4 is 53.2 Å². The third kappa shape index (κ3) is 4.80. The van der Waals surface area contributed by atoms with Gasteiger partial charge in [0.1, 0.15) is 0 Å². The molecule has 2 aliphatic rings. The molecule has 1 saturated heterocycles.